The van der Waals surface area contributed by atoms with Crippen molar-refractivity contribution in [3.8, 4) is 17.3 Å². The highest BCUT2D eigenvalue weighted by atomic mass is 19.1. The zero-order valence-electron chi connectivity index (χ0n) is 28.7. The highest BCUT2D eigenvalue weighted by Crippen LogP contribution is 2.36. The number of fused-ring (bicyclic) bond motifs is 1. The van der Waals surface area contributed by atoms with Gasteiger partial charge in [0.1, 0.15) is 34.5 Å². The molecule has 0 radical (unpaired) electrons. The normalized spacial score (nSPS) is 13.9. The molecule has 1 fully saturated rings. The number of anilines is 2. The maximum atomic E-state index is 15.1. The second kappa shape index (κ2) is 13.8. The van der Waals surface area contributed by atoms with Crippen LogP contribution < -0.4 is 10.1 Å². The molecule has 5 aromatic rings. The lowest BCUT2D eigenvalue weighted by Gasteiger charge is -2.34. The molecule has 0 bridgehead atoms. The first-order valence-corrected chi connectivity index (χ1v) is 16.5. The van der Waals surface area contributed by atoms with E-state index in [0.29, 0.717) is 55.4 Å². The van der Waals surface area contributed by atoms with E-state index < -0.39 is 17.2 Å². The molecule has 0 aliphatic carbocycles. The monoisotopic (exact) mass is 669 g/mol. The van der Waals surface area contributed by atoms with Crippen molar-refractivity contribution in [2.45, 2.75) is 72.4 Å². The minimum absolute atomic E-state index is 0.0818. The molecule has 256 valence electrons. The van der Waals surface area contributed by atoms with Gasteiger partial charge in [0.05, 0.1) is 18.7 Å². The number of benzene rings is 2. The Hall–Kier alpha value is -5.13. The molecule has 4 heterocycles. The smallest absolute Gasteiger partial charge is 0.410 e. The van der Waals surface area contributed by atoms with Crippen LogP contribution in [0.5, 0.6) is 5.75 Å². The maximum Gasteiger partial charge on any atom is 0.410 e. The Kier molecular flexibility index (Phi) is 9.49. The van der Waals surface area contributed by atoms with Crippen molar-refractivity contribution >= 4 is 28.5 Å². The molecule has 0 spiro atoms. The van der Waals surface area contributed by atoms with Gasteiger partial charge in [-0.05, 0) is 78.0 Å². The van der Waals surface area contributed by atoms with Crippen molar-refractivity contribution in [2.75, 3.05) is 25.0 Å². The average molecular weight is 670 g/mol. The summed E-state index contributed by atoms with van der Waals surface area (Å²) < 4.78 is 42.7. The molecule has 0 saturated carbocycles. The fourth-order valence-electron chi connectivity index (χ4n) is 6.04. The minimum atomic E-state index is -0.711. The number of piperidine rings is 1. The number of hydrogen-bond donors (Lipinski definition) is 1. The van der Waals surface area contributed by atoms with Gasteiger partial charge >= 0.3 is 6.09 Å². The lowest BCUT2D eigenvalue weighted by molar-refractivity contribution is 0.0205. The number of ether oxygens (including phenoxy) is 2. The number of likely N-dealkylation sites (tertiary alicyclic amines) is 1. The third-order valence-electron chi connectivity index (χ3n) is 8.50. The van der Waals surface area contributed by atoms with Crippen LogP contribution in [0.3, 0.4) is 0 Å². The molecule has 2 aromatic carbocycles. The van der Waals surface area contributed by atoms with Gasteiger partial charge in [-0.3, -0.25) is 9.67 Å². The molecule has 1 aliphatic heterocycles. The number of halogens is 2. The van der Waals surface area contributed by atoms with Crippen LogP contribution in [0.15, 0.2) is 54.9 Å². The summed E-state index contributed by atoms with van der Waals surface area (Å²) in [5, 5.41) is 9.09. The summed E-state index contributed by atoms with van der Waals surface area (Å²) in [5.74, 6) is -0.218. The van der Waals surface area contributed by atoms with Crippen molar-refractivity contribution in [1.29, 1.82) is 0 Å². The van der Waals surface area contributed by atoms with Crippen LogP contribution >= 0.6 is 0 Å². The summed E-state index contributed by atoms with van der Waals surface area (Å²) in [5.41, 5.74) is 4.07. The van der Waals surface area contributed by atoms with Gasteiger partial charge in [-0.25, -0.2) is 23.5 Å². The molecule has 1 aliphatic rings. The summed E-state index contributed by atoms with van der Waals surface area (Å²) in [7, 11) is 0. The zero-order chi connectivity index (χ0) is 34.9. The van der Waals surface area contributed by atoms with Gasteiger partial charge < -0.3 is 19.7 Å². The fraction of sp³-hybridized carbons (Fsp3) is 0.378. The summed E-state index contributed by atoms with van der Waals surface area (Å²) in [6.07, 6.45) is 4.74. The van der Waals surface area contributed by atoms with Crippen LogP contribution in [0.2, 0.25) is 0 Å². The second-order valence-corrected chi connectivity index (χ2v) is 13.3. The number of carbonyl (C=O) groups excluding carboxylic acids is 1. The summed E-state index contributed by atoms with van der Waals surface area (Å²) >= 11 is 0. The van der Waals surface area contributed by atoms with Crippen molar-refractivity contribution in [3.05, 3.63) is 88.9 Å². The molecule has 12 heteroatoms. The summed E-state index contributed by atoms with van der Waals surface area (Å²) in [4.78, 5) is 28.7. The number of aromatic nitrogens is 5. The third kappa shape index (κ3) is 7.48. The van der Waals surface area contributed by atoms with E-state index >= 15 is 8.78 Å². The van der Waals surface area contributed by atoms with E-state index in [1.807, 2.05) is 77.3 Å². The quantitative estimate of drug-likeness (QED) is 0.177. The first-order chi connectivity index (χ1) is 23.4. The zero-order valence-corrected chi connectivity index (χ0v) is 28.7. The standard InChI is InChI=1S/C37H41F2N7O3/c1-7-48-25-17-29(38)28(30(39)18-25)21-46-32-11-9-8-10-26(32)33(44-46)35-41-20-27(34(43-35)42-31-16-23(3)40-19-22(31)2)24-12-14-45(15-13-24)36(47)49-37(4,5)6/h8-11,16-20,24H,7,12-15,21H2,1-6H3,(H,40,41,42,43). The van der Waals surface area contributed by atoms with E-state index in [-0.39, 0.29) is 29.9 Å². The Bertz CT molecular complexity index is 1980. The first kappa shape index (κ1) is 33.8. The topological polar surface area (TPSA) is 107 Å². The molecular weight excluding hydrogens is 628 g/mol. The van der Waals surface area contributed by atoms with Crippen molar-refractivity contribution in [3.63, 3.8) is 0 Å². The van der Waals surface area contributed by atoms with Crippen LogP contribution in [0, 0.1) is 25.5 Å². The Morgan fingerprint density at radius 2 is 1.73 bits per heavy atom. The fourth-order valence-corrected chi connectivity index (χ4v) is 6.04. The largest absolute Gasteiger partial charge is 0.494 e. The van der Waals surface area contributed by atoms with E-state index in [9.17, 15) is 4.79 Å². The number of pyridine rings is 1. The van der Waals surface area contributed by atoms with Gasteiger partial charge in [-0.2, -0.15) is 5.10 Å². The molecule has 49 heavy (non-hydrogen) atoms. The Morgan fingerprint density at radius 1 is 1.02 bits per heavy atom. The second-order valence-electron chi connectivity index (χ2n) is 13.3. The van der Waals surface area contributed by atoms with Gasteiger partial charge in [0.2, 0.25) is 0 Å². The predicted molar refractivity (Wildman–Crippen MR) is 184 cm³/mol. The van der Waals surface area contributed by atoms with E-state index in [4.69, 9.17) is 24.5 Å². The van der Waals surface area contributed by atoms with Crippen LogP contribution in [0.4, 0.5) is 25.1 Å². The van der Waals surface area contributed by atoms with E-state index in [1.165, 1.54) is 12.1 Å². The highest BCUT2D eigenvalue weighted by molar-refractivity contribution is 5.92. The molecule has 0 atom stereocenters. The maximum absolute atomic E-state index is 15.1. The van der Waals surface area contributed by atoms with Crippen LogP contribution in [0.25, 0.3) is 22.4 Å². The molecule has 3 aromatic heterocycles. The van der Waals surface area contributed by atoms with Crippen molar-refractivity contribution in [1.82, 2.24) is 29.6 Å². The predicted octanol–water partition coefficient (Wildman–Crippen LogP) is 8.09. The lowest BCUT2D eigenvalue weighted by Crippen LogP contribution is -2.41. The van der Waals surface area contributed by atoms with E-state index in [1.54, 1.807) is 16.5 Å². The first-order valence-electron chi connectivity index (χ1n) is 16.5. The van der Waals surface area contributed by atoms with Crippen LogP contribution in [-0.4, -0.2) is 61.0 Å². The minimum Gasteiger partial charge on any atom is -0.494 e. The van der Waals surface area contributed by atoms with Crippen LogP contribution in [0.1, 0.15) is 68.8 Å². The van der Waals surface area contributed by atoms with Crippen LogP contribution in [-0.2, 0) is 11.3 Å². The number of amides is 1. The number of carbonyl (C=O) groups is 1. The highest BCUT2D eigenvalue weighted by Gasteiger charge is 2.30. The SMILES string of the molecule is CCOc1cc(F)c(Cn2nc(-c3ncc(C4CCN(C(=O)OC(C)(C)C)CC4)c(Nc4cc(C)ncc4C)n3)c3ccccc32)c(F)c1. The van der Waals surface area contributed by atoms with E-state index in [0.717, 1.165) is 27.9 Å². The summed E-state index contributed by atoms with van der Waals surface area (Å²) in [6.45, 7) is 12.5. The molecule has 10 nitrogen and oxygen atoms in total. The number of rotatable bonds is 8. The van der Waals surface area contributed by atoms with Gasteiger partial charge in [-0.15, -0.1) is 0 Å². The van der Waals surface area contributed by atoms with Gasteiger partial charge in [0.15, 0.2) is 5.82 Å². The molecule has 1 saturated heterocycles. The Balaban J connectivity index is 1.36. The molecule has 1 N–H and O–H groups in total. The average Bonchev–Trinajstić information content (AvgIpc) is 3.42. The van der Waals surface area contributed by atoms with E-state index in [2.05, 4.69) is 10.3 Å². The Labute approximate surface area is 284 Å². The Morgan fingerprint density at radius 3 is 2.43 bits per heavy atom. The lowest BCUT2D eigenvalue weighted by atomic mass is 9.90. The number of aryl methyl sites for hydroxylation is 2. The molecule has 1 amide bonds. The van der Waals surface area contributed by atoms with Gasteiger partial charge in [0, 0.05) is 65.5 Å². The summed E-state index contributed by atoms with van der Waals surface area (Å²) in [6, 6.07) is 11.8. The van der Waals surface area contributed by atoms with Gasteiger partial charge in [-0.1, -0.05) is 18.2 Å². The van der Waals surface area contributed by atoms with Crippen molar-refractivity contribution < 1.29 is 23.0 Å². The van der Waals surface area contributed by atoms with Gasteiger partial charge in [0.25, 0.3) is 0 Å². The number of hydrogen-bond acceptors (Lipinski definition) is 8. The number of nitrogens with zero attached hydrogens (tertiary/aromatic N) is 6. The third-order valence-corrected chi connectivity index (χ3v) is 8.50. The molecule has 0 unspecified atom stereocenters. The van der Waals surface area contributed by atoms with Crippen molar-refractivity contribution in [2.24, 2.45) is 0 Å². The number of para-hydroxylation sites is 1. The number of nitrogens with one attached hydrogen (secondary N) is 1. The molecular formula is C37H41F2N7O3. The molecule has 6 rings (SSSR count).